The number of hydrogen-bond donors (Lipinski definition) is 2. The Hall–Kier alpha value is -0.960. The summed E-state index contributed by atoms with van der Waals surface area (Å²) < 4.78 is 28.0. The van der Waals surface area contributed by atoms with Crippen LogP contribution in [0.1, 0.15) is 10.6 Å². The third kappa shape index (κ3) is 3.38. The van der Waals surface area contributed by atoms with Crippen LogP contribution < -0.4 is 10.0 Å². The van der Waals surface area contributed by atoms with E-state index in [9.17, 15) is 8.42 Å². The maximum atomic E-state index is 12.4. The molecule has 0 atom stereocenters. The van der Waals surface area contributed by atoms with E-state index < -0.39 is 10.0 Å². The summed E-state index contributed by atoms with van der Waals surface area (Å²) in [5.41, 5.74) is 1.12. The summed E-state index contributed by atoms with van der Waals surface area (Å²) in [6.45, 7) is 2.39. The van der Waals surface area contributed by atoms with Gasteiger partial charge >= 0.3 is 0 Å². The minimum atomic E-state index is -3.62. The molecular formula is C12H14BrN3O2S2. The molecular weight excluding hydrogens is 362 g/mol. The molecule has 0 radical (unpaired) electrons. The molecule has 2 rings (SSSR count). The number of pyridine rings is 1. The number of thiophene rings is 1. The Morgan fingerprint density at radius 3 is 2.85 bits per heavy atom. The van der Waals surface area contributed by atoms with Gasteiger partial charge in [-0.05, 0) is 48.1 Å². The standard InChI is InChI=1S/C12H14BrN3O2S2/c1-8-10(4-3-5-15-8)16-20(17,18)11-6-9(7-14-2)19-12(11)13/h3-6,14,16H,7H2,1-2H3. The van der Waals surface area contributed by atoms with Crippen molar-refractivity contribution < 1.29 is 8.42 Å². The molecule has 2 N–H and O–H groups in total. The lowest BCUT2D eigenvalue weighted by molar-refractivity contribution is 0.601. The summed E-state index contributed by atoms with van der Waals surface area (Å²) in [4.78, 5) is 5.26. The Bertz CT molecular complexity index is 713. The summed E-state index contributed by atoms with van der Waals surface area (Å²) in [6, 6.07) is 5.05. The highest BCUT2D eigenvalue weighted by Gasteiger charge is 2.21. The highest BCUT2D eigenvalue weighted by Crippen LogP contribution is 2.33. The first kappa shape index (κ1) is 15.4. The van der Waals surface area contributed by atoms with Crippen LogP contribution in [-0.4, -0.2) is 20.4 Å². The molecule has 8 heteroatoms. The first-order chi connectivity index (χ1) is 9.44. The molecule has 0 fully saturated rings. The number of hydrogen-bond acceptors (Lipinski definition) is 5. The number of nitrogens with zero attached hydrogens (tertiary/aromatic N) is 1. The largest absolute Gasteiger partial charge is 0.315 e. The average molecular weight is 376 g/mol. The predicted molar refractivity (Wildman–Crippen MR) is 84.6 cm³/mol. The molecule has 0 unspecified atom stereocenters. The van der Waals surface area contributed by atoms with Crippen molar-refractivity contribution in [3.05, 3.63) is 38.8 Å². The van der Waals surface area contributed by atoms with Gasteiger partial charge in [0, 0.05) is 17.6 Å². The molecule has 5 nitrogen and oxygen atoms in total. The van der Waals surface area contributed by atoms with Crippen molar-refractivity contribution in [2.45, 2.75) is 18.4 Å². The number of anilines is 1. The fourth-order valence-electron chi connectivity index (χ4n) is 1.63. The smallest absolute Gasteiger partial charge is 0.263 e. The molecule has 0 aliphatic carbocycles. The van der Waals surface area contributed by atoms with Crippen LogP contribution in [0.15, 0.2) is 33.1 Å². The van der Waals surface area contributed by atoms with Gasteiger partial charge in [0.2, 0.25) is 0 Å². The van der Waals surface area contributed by atoms with Crippen LogP contribution in [0.5, 0.6) is 0 Å². The van der Waals surface area contributed by atoms with Crippen LogP contribution >= 0.6 is 27.3 Å². The van der Waals surface area contributed by atoms with Gasteiger partial charge in [0.25, 0.3) is 10.0 Å². The molecule has 0 aliphatic rings. The first-order valence-electron chi connectivity index (χ1n) is 5.81. The topological polar surface area (TPSA) is 71.1 Å². The van der Waals surface area contributed by atoms with E-state index in [2.05, 4.69) is 31.0 Å². The van der Waals surface area contributed by atoms with Crippen LogP contribution in [0.4, 0.5) is 5.69 Å². The summed E-state index contributed by atoms with van der Waals surface area (Å²) >= 11 is 4.71. The van der Waals surface area contributed by atoms with Crippen molar-refractivity contribution in [1.29, 1.82) is 0 Å². The molecule has 2 aromatic heterocycles. The number of aryl methyl sites for hydroxylation is 1. The summed E-state index contributed by atoms with van der Waals surface area (Å²) in [5.74, 6) is 0. The molecule has 2 aromatic rings. The van der Waals surface area contributed by atoms with Crippen LogP contribution in [-0.2, 0) is 16.6 Å². The highest BCUT2D eigenvalue weighted by atomic mass is 79.9. The van der Waals surface area contributed by atoms with Gasteiger partial charge in [-0.3, -0.25) is 9.71 Å². The molecule has 0 amide bonds. The zero-order valence-electron chi connectivity index (χ0n) is 11.0. The second-order valence-electron chi connectivity index (χ2n) is 4.12. The van der Waals surface area contributed by atoms with Gasteiger partial charge < -0.3 is 5.32 Å². The van der Waals surface area contributed by atoms with Crippen molar-refractivity contribution in [1.82, 2.24) is 10.3 Å². The highest BCUT2D eigenvalue weighted by molar-refractivity contribution is 9.11. The second-order valence-corrected chi connectivity index (χ2v) is 8.23. The number of nitrogens with one attached hydrogen (secondary N) is 2. The van der Waals surface area contributed by atoms with Gasteiger partial charge in [0.1, 0.15) is 4.90 Å². The molecule has 0 saturated carbocycles. The van der Waals surface area contributed by atoms with E-state index in [1.165, 1.54) is 11.3 Å². The fraction of sp³-hybridized carbons (Fsp3) is 0.250. The van der Waals surface area contributed by atoms with Crippen LogP contribution in [0.3, 0.4) is 0 Å². The molecule has 0 bridgehead atoms. The Morgan fingerprint density at radius 1 is 1.45 bits per heavy atom. The lowest BCUT2D eigenvalue weighted by Gasteiger charge is -2.08. The summed E-state index contributed by atoms with van der Waals surface area (Å²) in [5, 5.41) is 3.00. The maximum Gasteiger partial charge on any atom is 0.263 e. The number of rotatable bonds is 5. The Balaban J connectivity index is 2.33. The van der Waals surface area contributed by atoms with E-state index in [0.29, 0.717) is 21.7 Å². The van der Waals surface area contributed by atoms with Gasteiger partial charge in [-0.2, -0.15) is 0 Å². The Labute approximate surface area is 130 Å². The van der Waals surface area contributed by atoms with Crippen molar-refractivity contribution in [3.63, 3.8) is 0 Å². The SMILES string of the molecule is CNCc1cc(S(=O)(=O)Nc2cccnc2C)c(Br)s1. The van der Waals surface area contributed by atoms with E-state index in [-0.39, 0.29) is 4.90 Å². The van der Waals surface area contributed by atoms with Gasteiger partial charge in [-0.1, -0.05) is 0 Å². The molecule has 0 aliphatic heterocycles. The lowest BCUT2D eigenvalue weighted by atomic mass is 10.3. The monoisotopic (exact) mass is 375 g/mol. The van der Waals surface area contributed by atoms with Crippen molar-refractivity contribution >= 4 is 43.0 Å². The third-order valence-electron chi connectivity index (χ3n) is 2.60. The van der Waals surface area contributed by atoms with Crippen LogP contribution in [0.2, 0.25) is 0 Å². The molecule has 0 saturated heterocycles. The minimum absolute atomic E-state index is 0.246. The van der Waals surface area contributed by atoms with E-state index in [1.54, 1.807) is 31.3 Å². The van der Waals surface area contributed by atoms with Crippen LogP contribution in [0.25, 0.3) is 0 Å². The van der Waals surface area contributed by atoms with Crippen LogP contribution in [0, 0.1) is 6.92 Å². The Kier molecular flexibility index (Phi) is 4.79. The predicted octanol–water partition coefficient (Wildman–Crippen LogP) is 2.73. The summed E-state index contributed by atoms with van der Waals surface area (Å²) in [6.07, 6.45) is 1.62. The number of halogens is 1. The zero-order chi connectivity index (χ0) is 14.8. The molecule has 108 valence electrons. The van der Waals surface area contributed by atoms with Gasteiger partial charge in [-0.15, -0.1) is 11.3 Å². The maximum absolute atomic E-state index is 12.4. The first-order valence-corrected chi connectivity index (χ1v) is 8.90. The molecule has 0 aromatic carbocycles. The van der Waals surface area contributed by atoms with Crippen molar-refractivity contribution in [2.75, 3.05) is 11.8 Å². The zero-order valence-corrected chi connectivity index (χ0v) is 14.2. The fourth-order valence-corrected chi connectivity index (χ4v) is 5.45. The van der Waals surface area contributed by atoms with E-state index in [1.807, 2.05) is 7.05 Å². The van der Waals surface area contributed by atoms with Gasteiger partial charge in [0.15, 0.2) is 0 Å². The second kappa shape index (κ2) is 6.21. The van der Waals surface area contributed by atoms with E-state index >= 15 is 0 Å². The van der Waals surface area contributed by atoms with Crippen molar-refractivity contribution in [3.8, 4) is 0 Å². The molecule has 0 spiro atoms. The quantitative estimate of drug-likeness (QED) is 0.842. The Morgan fingerprint density at radius 2 is 2.20 bits per heavy atom. The van der Waals surface area contributed by atoms with E-state index in [0.717, 1.165) is 4.88 Å². The van der Waals surface area contributed by atoms with Gasteiger partial charge in [0.05, 0.1) is 15.2 Å². The minimum Gasteiger partial charge on any atom is -0.315 e. The number of aromatic nitrogens is 1. The normalized spacial score (nSPS) is 11.6. The molecule has 2 heterocycles. The third-order valence-corrected chi connectivity index (χ3v) is 6.22. The lowest BCUT2D eigenvalue weighted by Crippen LogP contribution is -2.14. The van der Waals surface area contributed by atoms with Gasteiger partial charge in [-0.25, -0.2) is 8.42 Å². The van der Waals surface area contributed by atoms with E-state index in [4.69, 9.17) is 0 Å². The van der Waals surface area contributed by atoms with Crippen molar-refractivity contribution in [2.24, 2.45) is 0 Å². The number of sulfonamides is 1. The average Bonchev–Trinajstić information content (AvgIpc) is 2.74. The molecule has 20 heavy (non-hydrogen) atoms. The summed E-state index contributed by atoms with van der Waals surface area (Å²) in [7, 11) is -1.80.